The molecule has 1 amide bonds. The Hall–Kier alpha value is -2.19. The highest BCUT2D eigenvalue weighted by Gasteiger charge is 2.27. The largest absolute Gasteiger partial charge is 0.352 e. The molecule has 3 rings (SSSR count). The van der Waals surface area contributed by atoms with Gasteiger partial charge in [0.25, 0.3) is 5.91 Å². The second-order valence-electron chi connectivity index (χ2n) is 6.85. The van der Waals surface area contributed by atoms with E-state index in [1.807, 2.05) is 17.7 Å². The second-order valence-corrected chi connectivity index (χ2v) is 8.79. The molecule has 1 saturated heterocycles. The number of amides is 1. The van der Waals surface area contributed by atoms with Crippen LogP contribution in [0.1, 0.15) is 41.6 Å². The number of piperidine rings is 1. The molecule has 27 heavy (non-hydrogen) atoms. The Morgan fingerprint density at radius 1 is 1.22 bits per heavy atom. The van der Waals surface area contributed by atoms with Gasteiger partial charge in [0.1, 0.15) is 0 Å². The van der Waals surface area contributed by atoms with Crippen molar-refractivity contribution in [3.05, 3.63) is 48.0 Å². The van der Waals surface area contributed by atoms with Crippen molar-refractivity contribution < 1.29 is 13.2 Å². The summed E-state index contributed by atoms with van der Waals surface area (Å²) < 4.78 is 29.2. The molecule has 0 atom stereocenters. The zero-order chi connectivity index (χ0) is 19.3. The van der Waals surface area contributed by atoms with Crippen molar-refractivity contribution in [1.29, 1.82) is 0 Å². The van der Waals surface area contributed by atoms with E-state index in [9.17, 15) is 13.2 Å². The first kappa shape index (κ1) is 19.6. The van der Waals surface area contributed by atoms with Gasteiger partial charge in [0.15, 0.2) is 0 Å². The number of hydrogen-bond acceptors (Lipinski definition) is 4. The molecule has 0 spiro atoms. The van der Waals surface area contributed by atoms with Crippen molar-refractivity contribution in [1.82, 2.24) is 19.2 Å². The van der Waals surface area contributed by atoms with Crippen molar-refractivity contribution in [3.63, 3.8) is 0 Å². The van der Waals surface area contributed by atoms with Crippen LogP contribution < -0.4 is 5.32 Å². The molecule has 1 aromatic carbocycles. The van der Waals surface area contributed by atoms with Gasteiger partial charge < -0.3 is 9.88 Å². The zero-order valence-electron chi connectivity index (χ0n) is 15.6. The van der Waals surface area contributed by atoms with E-state index in [0.29, 0.717) is 25.2 Å². The summed E-state index contributed by atoms with van der Waals surface area (Å²) >= 11 is 0. The third kappa shape index (κ3) is 4.75. The number of aromatic nitrogens is 2. The van der Waals surface area contributed by atoms with Crippen LogP contribution >= 0.6 is 0 Å². The minimum atomic E-state index is -3.55. The summed E-state index contributed by atoms with van der Waals surface area (Å²) in [4.78, 5) is 16.7. The molecule has 2 heterocycles. The molecule has 1 fully saturated rings. The van der Waals surface area contributed by atoms with Gasteiger partial charge in [-0.15, -0.1) is 0 Å². The molecule has 7 nitrogen and oxygen atoms in total. The van der Waals surface area contributed by atoms with Crippen LogP contribution in [0.5, 0.6) is 0 Å². The van der Waals surface area contributed by atoms with Crippen molar-refractivity contribution in [2.24, 2.45) is 0 Å². The smallest absolute Gasteiger partial charge is 0.251 e. The fourth-order valence-electron chi connectivity index (χ4n) is 3.24. The SMILES string of the molecule is Cc1ccc(S(=O)(=O)N2CCCCC2)cc1C(=O)NCCCn1ccnc1. The summed E-state index contributed by atoms with van der Waals surface area (Å²) in [5, 5.41) is 2.88. The van der Waals surface area contributed by atoms with Gasteiger partial charge in [-0.2, -0.15) is 4.31 Å². The maximum atomic E-state index is 12.9. The molecule has 2 aromatic rings. The minimum Gasteiger partial charge on any atom is -0.352 e. The molecule has 0 saturated carbocycles. The maximum absolute atomic E-state index is 12.9. The van der Waals surface area contributed by atoms with Gasteiger partial charge in [0.2, 0.25) is 10.0 Å². The Balaban J connectivity index is 1.66. The number of imidazole rings is 1. The van der Waals surface area contributed by atoms with Gasteiger partial charge >= 0.3 is 0 Å². The van der Waals surface area contributed by atoms with Crippen LogP contribution in [0.15, 0.2) is 41.8 Å². The molecule has 0 aliphatic carbocycles. The molecule has 0 bridgehead atoms. The number of aryl methyl sites for hydroxylation is 2. The average molecular weight is 391 g/mol. The fourth-order valence-corrected chi connectivity index (χ4v) is 4.78. The molecular formula is C19H26N4O3S. The number of rotatable bonds is 7. The summed E-state index contributed by atoms with van der Waals surface area (Å²) in [6, 6.07) is 4.80. The lowest BCUT2D eigenvalue weighted by Gasteiger charge is -2.26. The lowest BCUT2D eigenvalue weighted by atomic mass is 10.1. The third-order valence-electron chi connectivity index (χ3n) is 4.84. The number of benzene rings is 1. The van der Waals surface area contributed by atoms with E-state index >= 15 is 0 Å². The predicted octanol–water partition coefficient (Wildman–Crippen LogP) is 2.19. The molecule has 1 N–H and O–H groups in total. The summed E-state index contributed by atoms with van der Waals surface area (Å²) in [6.07, 6.45) is 8.93. The molecule has 0 radical (unpaired) electrons. The number of nitrogens with one attached hydrogen (secondary N) is 1. The van der Waals surface area contributed by atoms with Crippen LogP contribution in [0, 0.1) is 6.92 Å². The summed E-state index contributed by atoms with van der Waals surface area (Å²) in [5.74, 6) is -0.242. The number of hydrogen-bond donors (Lipinski definition) is 1. The molecule has 1 aliphatic heterocycles. The molecule has 146 valence electrons. The number of carbonyl (C=O) groups is 1. The summed E-state index contributed by atoms with van der Waals surface area (Å²) in [5.41, 5.74) is 1.18. The summed E-state index contributed by atoms with van der Waals surface area (Å²) in [6.45, 7) is 4.19. The number of sulfonamides is 1. The first-order chi connectivity index (χ1) is 13.0. The topological polar surface area (TPSA) is 84.3 Å². The van der Waals surface area contributed by atoms with E-state index in [0.717, 1.165) is 37.8 Å². The minimum absolute atomic E-state index is 0.193. The Labute approximate surface area is 160 Å². The first-order valence-corrected chi connectivity index (χ1v) is 10.8. The maximum Gasteiger partial charge on any atom is 0.251 e. The van der Waals surface area contributed by atoms with Gasteiger partial charge in [-0.1, -0.05) is 12.5 Å². The van der Waals surface area contributed by atoms with E-state index < -0.39 is 10.0 Å². The van der Waals surface area contributed by atoms with Crippen molar-refractivity contribution >= 4 is 15.9 Å². The van der Waals surface area contributed by atoms with Gasteiger partial charge in [0.05, 0.1) is 11.2 Å². The van der Waals surface area contributed by atoms with Gasteiger partial charge in [-0.3, -0.25) is 4.79 Å². The van der Waals surface area contributed by atoms with Crippen LogP contribution in [0.3, 0.4) is 0 Å². The van der Waals surface area contributed by atoms with Crippen molar-refractivity contribution in [2.45, 2.75) is 44.0 Å². The normalized spacial score (nSPS) is 15.6. The number of carbonyl (C=O) groups excluding carboxylic acids is 1. The lowest BCUT2D eigenvalue weighted by Crippen LogP contribution is -2.35. The van der Waals surface area contributed by atoms with E-state index in [1.165, 1.54) is 10.4 Å². The van der Waals surface area contributed by atoms with E-state index in [1.54, 1.807) is 24.7 Å². The van der Waals surface area contributed by atoms with E-state index in [4.69, 9.17) is 0 Å². The molecular weight excluding hydrogens is 364 g/mol. The average Bonchev–Trinajstić information content (AvgIpc) is 3.19. The first-order valence-electron chi connectivity index (χ1n) is 9.33. The Morgan fingerprint density at radius 3 is 2.70 bits per heavy atom. The Bertz CT molecular complexity index is 872. The van der Waals surface area contributed by atoms with Gasteiger partial charge in [-0.05, 0) is 43.9 Å². The van der Waals surface area contributed by atoms with Crippen LogP contribution in [0.4, 0.5) is 0 Å². The lowest BCUT2D eigenvalue weighted by molar-refractivity contribution is 0.0952. The van der Waals surface area contributed by atoms with Crippen LogP contribution in [-0.2, 0) is 16.6 Å². The van der Waals surface area contributed by atoms with E-state index in [2.05, 4.69) is 10.3 Å². The van der Waals surface area contributed by atoms with Gasteiger partial charge in [0, 0.05) is 44.1 Å². The second kappa shape index (κ2) is 8.67. The standard InChI is InChI=1S/C19H26N4O3S/c1-16-6-7-17(27(25,26)23-11-3-2-4-12-23)14-18(16)19(24)21-8-5-10-22-13-9-20-15-22/h6-7,9,13-15H,2-5,8,10-12H2,1H3,(H,21,24). The highest BCUT2D eigenvalue weighted by Crippen LogP contribution is 2.22. The van der Waals surface area contributed by atoms with Crippen LogP contribution in [-0.4, -0.2) is 47.8 Å². The van der Waals surface area contributed by atoms with Crippen LogP contribution in [0.25, 0.3) is 0 Å². The predicted molar refractivity (Wildman–Crippen MR) is 103 cm³/mol. The molecule has 8 heteroatoms. The zero-order valence-corrected chi connectivity index (χ0v) is 16.4. The van der Waals surface area contributed by atoms with Crippen LogP contribution in [0.2, 0.25) is 0 Å². The third-order valence-corrected chi connectivity index (χ3v) is 6.74. The molecule has 1 aromatic heterocycles. The Kier molecular flexibility index (Phi) is 6.28. The monoisotopic (exact) mass is 390 g/mol. The highest BCUT2D eigenvalue weighted by atomic mass is 32.2. The van der Waals surface area contributed by atoms with Crippen molar-refractivity contribution in [3.8, 4) is 0 Å². The molecule has 0 unspecified atom stereocenters. The summed E-state index contributed by atoms with van der Waals surface area (Å²) in [7, 11) is -3.55. The van der Waals surface area contributed by atoms with Crippen molar-refractivity contribution in [2.75, 3.05) is 19.6 Å². The quantitative estimate of drug-likeness (QED) is 0.735. The Morgan fingerprint density at radius 2 is 2.00 bits per heavy atom. The highest BCUT2D eigenvalue weighted by molar-refractivity contribution is 7.89. The van der Waals surface area contributed by atoms with Gasteiger partial charge in [-0.25, -0.2) is 13.4 Å². The fraction of sp³-hybridized carbons (Fsp3) is 0.474. The van der Waals surface area contributed by atoms with E-state index in [-0.39, 0.29) is 10.8 Å². The molecule has 1 aliphatic rings. The number of nitrogens with zero attached hydrogens (tertiary/aromatic N) is 3.